The van der Waals surface area contributed by atoms with E-state index in [0.717, 1.165) is 12.2 Å². The van der Waals surface area contributed by atoms with Gasteiger partial charge in [0.1, 0.15) is 12.4 Å². The largest absolute Gasteiger partial charge is 0.468 e. The predicted octanol–water partition coefficient (Wildman–Crippen LogP) is 3.33. The van der Waals surface area contributed by atoms with E-state index in [4.69, 9.17) is 14.2 Å². The van der Waals surface area contributed by atoms with Gasteiger partial charge < -0.3 is 14.2 Å². The Labute approximate surface area is 121 Å². The molecule has 0 bridgehead atoms. The molecule has 0 saturated heterocycles. The van der Waals surface area contributed by atoms with Crippen LogP contribution < -0.4 is 4.74 Å². The predicted molar refractivity (Wildman–Crippen MR) is 77.7 cm³/mol. The maximum atomic E-state index is 11.7. The first kappa shape index (κ1) is 16.5. The van der Waals surface area contributed by atoms with Crippen molar-refractivity contribution in [1.82, 2.24) is 0 Å². The second-order valence-electron chi connectivity index (χ2n) is 5.36. The van der Waals surface area contributed by atoms with Crippen LogP contribution in [0.5, 0.6) is 5.75 Å². The molecule has 0 unspecified atom stereocenters. The van der Waals surface area contributed by atoms with E-state index in [-0.39, 0.29) is 19.4 Å². The van der Waals surface area contributed by atoms with Crippen LogP contribution in [0.25, 0.3) is 0 Å². The monoisotopic (exact) mass is 280 g/mol. The first-order chi connectivity index (χ1) is 9.45. The van der Waals surface area contributed by atoms with Crippen LogP contribution in [0.3, 0.4) is 0 Å². The van der Waals surface area contributed by atoms with Crippen molar-refractivity contribution in [2.75, 3.05) is 20.0 Å². The molecule has 0 aliphatic rings. The number of esters is 1. The standard InChI is InChI=1S/C16H24O4/c1-5-16(3,4)15(17)19-11-10-18-12-20-14-8-6-13(2)7-9-14/h6-9H,5,10-12H2,1-4H3. The van der Waals surface area contributed by atoms with Gasteiger partial charge in [-0.05, 0) is 39.3 Å². The highest BCUT2D eigenvalue weighted by atomic mass is 16.7. The van der Waals surface area contributed by atoms with Crippen molar-refractivity contribution in [3.05, 3.63) is 29.8 Å². The Hall–Kier alpha value is -1.55. The van der Waals surface area contributed by atoms with Crippen LogP contribution >= 0.6 is 0 Å². The van der Waals surface area contributed by atoms with Gasteiger partial charge in [0.05, 0.1) is 12.0 Å². The summed E-state index contributed by atoms with van der Waals surface area (Å²) in [4.78, 5) is 11.7. The van der Waals surface area contributed by atoms with Crippen LogP contribution in [-0.4, -0.2) is 26.0 Å². The number of hydrogen-bond donors (Lipinski definition) is 0. The molecule has 0 aliphatic carbocycles. The van der Waals surface area contributed by atoms with Gasteiger partial charge in [-0.15, -0.1) is 0 Å². The van der Waals surface area contributed by atoms with Gasteiger partial charge in [-0.1, -0.05) is 24.6 Å². The van der Waals surface area contributed by atoms with Crippen molar-refractivity contribution in [2.45, 2.75) is 34.1 Å². The van der Waals surface area contributed by atoms with Gasteiger partial charge in [0.2, 0.25) is 0 Å². The van der Waals surface area contributed by atoms with E-state index in [2.05, 4.69) is 0 Å². The molecule has 4 nitrogen and oxygen atoms in total. The number of ether oxygens (including phenoxy) is 3. The maximum absolute atomic E-state index is 11.7. The summed E-state index contributed by atoms with van der Waals surface area (Å²) in [6, 6.07) is 7.73. The van der Waals surface area contributed by atoms with E-state index in [1.54, 1.807) is 0 Å². The lowest BCUT2D eigenvalue weighted by Crippen LogP contribution is -2.27. The highest BCUT2D eigenvalue weighted by molar-refractivity contribution is 5.75. The Kier molecular flexibility index (Phi) is 6.52. The summed E-state index contributed by atoms with van der Waals surface area (Å²) in [6.45, 7) is 8.46. The Morgan fingerprint density at radius 3 is 2.40 bits per heavy atom. The molecule has 0 spiro atoms. The zero-order chi connectivity index (χ0) is 15.0. The van der Waals surface area contributed by atoms with Crippen LogP contribution in [0.4, 0.5) is 0 Å². The van der Waals surface area contributed by atoms with Gasteiger partial charge >= 0.3 is 5.97 Å². The maximum Gasteiger partial charge on any atom is 0.311 e. The average molecular weight is 280 g/mol. The van der Waals surface area contributed by atoms with Crippen LogP contribution in [0.1, 0.15) is 32.8 Å². The fourth-order valence-corrected chi connectivity index (χ4v) is 1.34. The molecule has 112 valence electrons. The number of hydrogen-bond acceptors (Lipinski definition) is 4. The first-order valence-corrected chi connectivity index (χ1v) is 6.90. The molecule has 0 fully saturated rings. The molecule has 0 radical (unpaired) electrons. The summed E-state index contributed by atoms with van der Waals surface area (Å²) in [5, 5.41) is 0. The summed E-state index contributed by atoms with van der Waals surface area (Å²) < 4.78 is 15.8. The van der Waals surface area contributed by atoms with Gasteiger partial charge in [0.15, 0.2) is 6.79 Å². The quantitative estimate of drug-likeness (QED) is 0.416. The van der Waals surface area contributed by atoms with E-state index in [1.165, 1.54) is 5.56 Å². The normalized spacial score (nSPS) is 11.2. The number of aryl methyl sites for hydroxylation is 1. The molecule has 0 aliphatic heterocycles. The molecule has 1 aromatic carbocycles. The molecule has 20 heavy (non-hydrogen) atoms. The van der Waals surface area contributed by atoms with E-state index >= 15 is 0 Å². The molecule has 0 amide bonds. The smallest absolute Gasteiger partial charge is 0.311 e. The highest BCUT2D eigenvalue weighted by Crippen LogP contribution is 2.21. The number of benzene rings is 1. The highest BCUT2D eigenvalue weighted by Gasteiger charge is 2.26. The molecule has 0 N–H and O–H groups in total. The summed E-state index contributed by atoms with van der Waals surface area (Å²) in [5.74, 6) is 0.572. The fraction of sp³-hybridized carbons (Fsp3) is 0.562. The van der Waals surface area contributed by atoms with Gasteiger partial charge in [-0.3, -0.25) is 4.79 Å². The Morgan fingerprint density at radius 1 is 1.15 bits per heavy atom. The molecule has 0 heterocycles. The fourth-order valence-electron chi connectivity index (χ4n) is 1.34. The third kappa shape index (κ3) is 5.61. The van der Waals surface area contributed by atoms with Crippen LogP contribution in [0.2, 0.25) is 0 Å². The Balaban J connectivity index is 2.11. The summed E-state index contributed by atoms with van der Waals surface area (Å²) in [6.07, 6.45) is 0.753. The van der Waals surface area contributed by atoms with E-state index in [1.807, 2.05) is 52.0 Å². The van der Waals surface area contributed by atoms with Crippen molar-refractivity contribution in [3.63, 3.8) is 0 Å². The van der Waals surface area contributed by atoms with Crippen LogP contribution in [0, 0.1) is 12.3 Å². The second-order valence-corrected chi connectivity index (χ2v) is 5.36. The zero-order valence-electron chi connectivity index (χ0n) is 12.8. The van der Waals surface area contributed by atoms with E-state index < -0.39 is 5.41 Å². The van der Waals surface area contributed by atoms with Crippen molar-refractivity contribution < 1.29 is 19.0 Å². The molecule has 1 aromatic rings. The Morgan fingerprint density at radius 2 is 1.80 bits per heavy atom. The van der Waals surface area contributed by atoms with E-state index in [9.17, 15) is 4.79 Å². The minimum atomic E-state index is -0.432. The van der Waals surface area contributed by atoms with Gasteiger partial charge in [-0.2, -0.15) is 0 Å². The minimum Gasteiger partial charge on any atom is -0.468 e. The second kappa shape index (κ2) is 7.90. The molecule has 4 heteroatoms. The summed E-state index contributed by atoms with van der Waals surface area (Å²) in [5.41, 5.74) is 0.752. The van der Waals surface area contributed by atoms with E-state index in [0.29, 0.717) is 6.61 Å². The summed E-state index contributed by atoms with van der Waals surface area (Å²) >= 11 is 0. The van der Waals surface area contributed by atoms with Crippen LogP contribution in [-0.2, 0) is 14.3 Å². The molecule has 0 aromatic heterocycles. The number of rotatable bonds is 8. The third-order valence-electron chi connectivity index (χ3n) is 3.23. The van der Waals surface area contributed by atoms with Crippen LogP contribution in [0.15, 0.2) is 24.3 Å². The Bertz CT molecular complexity index is 409. The topological polar surface area (TPSA) is 44.8 Å². The molecule has 0 saturated carbocycles. The third-order valence-corrected chi connectivity index (χ3v) is 3.23. The minimum absolute atomic E-state index is 0.151. The van der Waals surface area contributed by atoms with Crippen molar-refractivity contribution in [3.8, 4) is 5.75 Å². The van der Waals surface area contributed by atoms with Gasteiger partial charge in [0, 0.05) is 0 Å². The lowest BCUT2D eigenvalue weighted by atomic mass is 9.91. The lowest BCUT2D eigenvalue weighted by molar-refractivity contribution is -0.156. The molecule has 0 atom stereocenters. The molecule has 1 rings (SSSR count). The zero-order valence-corrected chi connectivity index (χ0v) is 12.8. The van der Waals surface area contributed by atoms with Crippen molar-refractivity contribution in [2.24, 2.45) is 5.41 Å². The van der Waals surface area contributed by atoms with Crippen molar-refractivity contribution in [1.29, 1.82) is 0 Å². The van der Waals surface area contributed by atoms with Gasteiger partial charge in [-0.25, -0.2) is 0 Å². The summed E-state index contributed by atoms with van der Waals surface area (Å²) in [7, 11) is 0. The average Bonchev–Trinajstić information content (AvgIpc) is 2.44. The van der Waals surface area contributed by atoms with Crippen molar-refractivity contribution >= 4 is 5.97 Å². The molecular weight excluding hydrogens is 256 g/mol. The SMILES string of the molecule is CCC(C)(C)C(=O)OCCOCOc1ccc(C)cc1. The lowest BCUT2D eigenvalue weighted by Gasteiger charge is -2.20. The number of carbonyl (C=O) groups excluding carboxylic acids is 1. The van der Waals surface area contributed by atoms with Gasteiger partial charge in [0.25, 0.3) is 0 Å². The number of carbonyl (C=O) groups is 1. The molecular formula is C16H24O4. The first-order valence-electron chi connectivity index (χ1n) is 6.90.